The Balaban J connectivity index is 1.98. The second-order valence-electron chi connectivity index (χ2n) is 6.07. The van der Waals surface area contributed by atoms with Crippen LogP contribution in [0, 0.1) is 0 Å². The minimum absolute atomic E-state index is 0.194. The molecule has 1 heterocycles. The average molecular weight is 388 g/mol. The molecule has 0 atom stereocenters. The van der Waals surface area contributed by atoms with Gasteiger partial charge in [0.1, 0.15) is 5.69 Å². The van der Waals surface area contributed by atoms with E-state index in [4.69, 9.17) is 23.2 Å². The molecule has 0 spiro atoms. The molecule has 0 aliphatic carbocycles. The predicted molar refractivity (Wildman–Crippen MR) is 108 cm³/mol. The van der Waals surface area contributed by atoms with Gasteiger partial charge in [0.25, 0.3) is 0 Å². The maximum atomic E-state index is 6.37. The lowest BCUT2D eigenvalue weighted by Crippen LogP contribution is -2.15. The van der Waals surface area contributed by atoms with E-state index < -0.39 is 0 Å². The molecule has 0 amide bonds. The third-order valence-electron chi connectivity index (χ3n) is 3.61. The highest BCUT2D eigenvalue weighted by atomic mass is 35.5. The van der Waals surface area contributed by atoms with E-state index in [1.54, 1.807) is 6.07 Å². The van der Waals surface area contributed by atoms with Crippen molar-refractivity contribution in [2.45, 2.75) is 26.4 Å². The molecular weight excluding hydrogens is 369 g/mol. The zero-order valence-corrected chi connectivity index (χ0v) is 16.0. The number of rotatable bonds is 6. The maximum absolute atomic E-state index is 6.37. The molecule has 134 valence electrons. The number of aromatic nitrogens is 3. The van der Waals surface area contributed by atoms with Gasteiger partial charge in [-0.3, -0.25) is 0 Å². The Morgan fingerprint density at radius 2 is 1.73 bits per heavy atom. The first-order valence-corrected chi connectivity index (χ1v) is 9.03. The first kappa shape index (κ1) is 18.4. The van der Waals surface area contributed by atoms with E-state index in [1.807, 2.05) is 56.3 Å². The fraction of sp³-hybridized carbons (Fsp3) is 0.211. The summed E-state index contributed by atoms with van der Waals surface area (Å²) < 4.78 is 0. The van der Waals surface area contributed by atoms with Crippen LogP contribution in [0.3, 0.4) is 0 Å². The summed E-state index contributed by atoms with van der Waals surface area (Å²) >= 11 is 12.5. The van der Waals surface area contributed by atoms with Crippen molar-refractivity contribution in [3.05, 3.63) is 64.1 Å². The molecule has 0 radical (unpaired) electrons. The normalized spacial score (nSPS) is 10.8. The fourth-order valence-electron chi connectivity index (χ4n) is 2.42. The number of halogens is 2. The van der Waals surface area contributed by atoms with Crippen molar-refractivity contribution in [2.75, 3.05) is 10.6 Å². The van der Waals surface area contributed by atoms with Crippen molar-refractivity contribution in [1.82, 2.24) is 15.2 Å². The molecule has 0 aliphatic heterocycles. The molecule has 0 aliphatic rings. The van der Waals surface area contributed by atoms with Crippen LogP contribution >= 0.6 is 23.2 Å². The van der Waals surface area contributed by atoms with Gasteiger partial charge < -0.3 is 10.6 Å². The highest BCUT2D eigenvalue weighted by Gasteiger charge is 2.16. The summed E-state index contributed by atoms with van der Waals surface area (Å²) in [6.45, 7) is 4.64. The lowest BCUT2D eigenvalue weighted by atomic mass is 10.1. The van der Waals surface area contributed by atoms with Gasteiger partial charge in [-0.25, -0.2) is 0 Å². The van der Waals surface area contributed by atoms with Gasteiger partial charge in [-0.15, -0.1) is 10.2 Å². The highest BCUT2D eigenvalue weighted by molar-refractivity contribution is 6.43. The molecule has 26 heavy (non-hydrogen) atoms. The molecule has 0 unspecified atom stereocenters. The standard InChI is InChI=1S/C19H19Cl2N5/c1-12(2)23-19-24-18(22-11-13-7-4-3-5-8-13)17(25-26-19)14-9-6-10-15(20)16(14)21/h3-10,12H,11H2,1-2H3,(H2,22,23,24,26). The topological polar surface area (TPSA) is 62.7 Å². The van der Waals surface area contributed by atoms with Crippen LogP contribution in [-0.4, -0.2) is 21.2 Å². The summed E-state index contributed by atoms with van der Waals surface area (Å²) in [7, 11) is 0. The van der Waals surface area contributed by atoms with Crippen molar-refractivity contribution in [2.24, 2.45) is 0 Å². The predicted octanol–water partition coefficient (Wildman–Crippen LogP) is 5.28. The van der Waals surface area contributed by atoms with Gasteiger partial charge in [-0.2, -0.15) is 4.98 Å². The number of nitrogens with zero attached hydrogens (tertiary/aromatic N) is 3. The molecule has 3 aromatic rings. The van der Waals surface area contributed by atoms with E-state index in [2.05, 4.69) is 25.8 Å². The van der Waals surface area contributed by atoms with Gasteiger partial charge in [0.05, 0.1) is 10.0 Å². The van der Waals surface area contributed by atoms with Gasteiger partial charge >= 0.3 is 0 Å². The summed E-state index contributed by atoms with van der Waals surface area (Å²) in [5, 5.41) is 15.9. The lowest BCUT2D eigenvalue weighted by Gasteiger charge is -2.14. The molecule has 0 fully saturated rings. The van der Waals surface area contributed by atoms with E-state index in [0.717, 1.165) is 5.56 Å². The Hall–Kier alpha value is -2.37. The summed E-state index contributed by atoms with van der Waals surface area (Å²) in [5.74, 6) is 1.05. The molecule has 0 bridgehead atoms. The summed E-state index contributed by atoms with van der Waals surface area (Å²) in [6.07, 6.45) is 0. The van der Waals surface area contributed by atoms with E-state index >= 15 is 0 Å². The van der Waals surface area contributed by atoms with Crippen LogP contribution < -0.4 is 10.6 Å². The number of hydrogen-bond acceptors (Lipinski definition) is 5. The smallest absolute Gasteiger partial charge is 0.244 e. The lowest BCUT2D eigenvalue weighted by molar-refractivity contribution is 0.852. The average Bonchev–Trinajstić information content (AvgIpc) is 2.63. The van der Waals surface area contributed by atoms with E-state index in [-0.39, 0.29) is 6.04 Å². The number of anilines is 2. The maximum Gasteiger partial charge on any atom is 0.244 e. The van der Waals surface area contributed by atoms with Crippen molar-refractivity contribution in [1.29, 1.82) is 0 Å². The first-order valence-electron chi connectivity index (χ1n) is 8.28. The van der Waals surface area contributed by atoms with Crippen LogP contribution in [0.25, 0.3) is 11.3 Å². The monoisotopic (exact) mass is 387 g/mol. The van der Waals surface area contributed by atoms with Gasteiger partial charge in [0.2, 0.25) is 5.95 Å². The largest absolute Gasteiger partial charge is 0.364 e. The Bertz CT molecular complexity index is 884. The van der Waals surface area contributed by atoms with Gasteiger partial charge in [0.15, 0.2) is 5.82 Å². The molecule has 5 nitrogen and oxygen atoms in total. The quantitative estimate of drug-likeness (QED) is 0.602. The zero-order chi connectivity index (χ0) is 18.5. The molecular formula is C19H19Cl2N5. The minimum atomic E-state index is 0.194. The first-order chi connectivity index (χ1) is 12.5. The van der Waals surface area contributed by atoms with E-state index in [9.17, 15) is 0 Å². The van der Waals surface area contributed by atoms with Gasteiger partial charge in [-0.1, -0.05) is 65.7 Å². The van der Waals surface area contributed by atoms with Crippen LogP contribution in [0.15, 0.2) is 48.5 Å². The Morgan fingerprint density at radius 3 is 2.46 bits per heavy atom. The Morgan fingerprint density at radius 1 is 0.962 bits per heavy atom. The summed E-state index contributed by atoms with van der Waals surface area (Å²) in [5.41, 5.74) is 2.38. The number of hydrogen-bond donors (Lipinski definition) is 2. The molecule has 3 rings (SSSR count). The third-order valence-corrected chi connectivity index (χ3v) is 4.43. The van der Waals surface area contributed by atoms with Crippen molar-refractivity contribution in [3.63, 3.8) is 0 Å². The zero-order valence-electron chi connectivity index (χ0n) is 14.5. The second-order valence-corrected chi connectivity index (χ2v) is 6.86. The van der Waals surface area contributed by atoms with Gasteiger partial charge in [0, 0.05) is 18.2 Å². The van der Waals surface area contributed by atoms with Crippen LogP contribution in [0.4, 0.5) is 11.8 Å². The summed E-state index contributed by atoms with van der Waals surface area (Å²) in [6, 6.07) is 15.7. The van der Waals surface area contributed by atoms with Crippen molar-refractivity contribution >= 4 is 35.0 Å². The second kappa shape index (κ2) is 8.34. The Kier molecular flexibility index (Phi) is 5.91. The van der Waals surface area contributed by atoms with E-state index in [1.165, 1.54) is 0 Å². The fourth-order valence-corrected chi connectivity index (χ4v) is 2.81. The molecule has 7 heteroatoms. The summed E-state index contributed by atoms with van der Waals surface area (Å²) in [4.78, 5) is 4.58. The van der Waals surface area contributed by atoms with Crippen LogP contribution in [0.1, 0.15) is 19.4 Å². The molecule has 0 saturated carbocycles. The molecule has 2 aromatic carbocycles. The molecule has 2 N–H and O–H groups in total. The Labute approximate surface area is 162 Å². The van der Waals surface area contributed by atoms with Crippen LogP contribution in [0.2, 0.25) is 10.0 Å². The van der Waals surface area contributed by atoms with Gasteiger partial charge in [-0.05, 0) is 25.5 Å². The highest BCUT2D eigenvalue weighted by Crippen LogP contribution is 2.35. The van der Waals surface area contributed by atoms with Crippen LogP contribution in [-0.2, 0) is 6.54 Å². The van der Waals surface area contributed by atoms with Crippen molar-refractivity contribution in [3.8, 4) is 11.3 Å². The van der Waals surface area contributed by atoms with Crippen molar-refractivity contribution < 1.29 is 0 Å². The molecule has 1 aromatic heterocycles. The minimum Gasteiger partial charge on any atom is -0.364 e. The number of benzene rings is 2. The number of nitrogens with one attached hydrogen (secondary N) is 2. The third kappa shape index (κ3) is 4.42. The molecule has 0 saturated heterocycles. The SMILES string of the molecule is CC(C)Nc1nnc(-c2cccc(Cl)c2Cl)c(NCc2ccccc2)n1. The van der Waals surface area contributed by atoms with E-state index in [0.29, 0.717) is 39.6 Å². The van der Waals surface area contributed by atoms with Crippen LogP contribution in [0.5, 0.6) is 0 Å².